The normalized spacial score (nSPS) is 11.6. The lowest BCUT2D eigenvalue weighted by molar-refractivity contribution is -0.275. The second-order valence-electron chi connectivity index (χ2n) is 7.70. The van der Waals surface area contributed by atoms with Gasteiger partial charge in [0.1, 0.15) is 11.6 Å². The molecule has 0 saturated carbocycles. The summed E-state index contributed by atoms with van der Waals surface area (Å²) in [6.07, 6.45) is -1.59. The van der Waals surface area contributed by atoms with Gasteiger partial charge in [-0.2, -0.15) is 0 Å². The topological polar surface area (TPSA) is 9.23 Å². The summed E-state index contributed by atoms with van der Waals surface area (Å²) in [5, 5.41) is 0.00185. The van der Waals surface area contributed by atoms with E-state index in [2.05, 4.69) is 11.3 Å². The van der Waals surface area contributed by atoms with E-state index in [0.29, 0.717) is 11.1 Å². The molecule has 4 aromatic carbocycles. The van der Waals surface area contributed by atoms with Gasteiger partial charge in [-0.15, -0.1) is 19.8 Å². The molecule has 7 heteroatoms. The first-order chi connectivity index (χ1) is 16.2. The number of allylic oxidation sites excluding steroid dienone is 1. The van der Waals surface area contributed by atoms with Crippen LogP contribution in [0.3, 0.4) is 0 Å². The molecular formula is C27H18F6O. The third kappa shape index (κ3) is 4.93. The smallest absolute Gasteiger partial charge is 0.403 e. The molecule has 0 aromatic heterocycles. The predicted octanol–water partition coefficient (Wildman–Crippen LogP) is 8.61. The fraction of sp³-hybridized carbons (Fsp3) is 0.111. The van der Waals surface area contributed by atoms with E-state index >= 15 is 0 Å². The molecule has 0 atom stereocenters. The van der Waals surface area contributed by atoms with Crippen LogP contribution in [0.4, 0.5) is 26.3 Å². The molecule has 0 aliphatic rings. The van der Waals surface area contributed by atoms with E-state index in [-0.39, 0.29) is 21.9 Å². The van der Waals surface area contributed by atoms with Gasteiger partial charge < -0.3 is 4.74 Å². The number of fused-ring (bicyclic) bond motifs is 1. The number of hydrogen-bond acceptors (Lipinski definition) is 1. The molecule has 0 amide bonds. The fourth-order valence-electron chi connectivity index (χ4n) is 3.78. The molecule has 34 heavy (non-hydrogen) atoms. The van der Waals surface area contributed by atoms with Crippen molar-refractivity contribution in [3.8, 4) is 28.0 Å². The quantitative estimate of drug-likeness (QED) is 0.202. The van der Waals surface area contributed by atoms with Crippen LogP contribution in [0.25, 0.3) is 33.0 Å². The summed E-state index contributed by atoms with van der Waals surface area (Å²) >= 11 is 0. The van der Waals surface area contributed by atoms with Gasteiger partial charge in [-0.1, -0.05) is 48.5 Å². The molecule has 0 N–H and O–H groups in total. The van der Waals surface area contributed by atoms with E-state index in [0.717, 1.165) is 30.5 Å². The van der Waals surface area contributed by atoms with Crippen LogP contribution in [-0.4, -0.2) is 6.36 Å². The molecular weight excluding hydrogens is 454 g/mol. The molecule has 4 aromatic rings. The van der Waals surface area contributed by atoms with Gasteiger partial charge in [0, 0.05) is 5.39 Å². The van der Waals surface area contributed by atoms with Crippen LogP contribution in [0.2, 0.25) is 0 Å². The molecule has 0 radical (unpaired) electrons. The predicted molar refractivity (Wildman–Crippen MR) is 120 cm³/mol. The van der Waals surface area contributed by atoms with Crippen molar-refractivity contribution >= 4 is 10.8 Å². The number of benzene rings is 4. The largest absolute Gasteiger partial charge is 0.573 e. The highest BCUT2D eigenvalue weighted by Crippen LogP contribution is 2.36. The maximum atomic E-state index is 15.0. The second kappa shape index (κ2) is 9.25. The number of rotatable bonds is 6. The van der Waals surface area contributed by atoms with Crippen molar-refractivity contribution in [3.63, 3.8) is 0 Å². The number of ether oxygens (including phenoxy) is 1. The SMILES string of the molecule is C=CCCc1ccc(-c2cc(F)c(-c3ccc4c(F)c(OC(F)(F)F)ccc4c3)c(F)c2)cc1. The van der Waals surface area contributed by atoms with Gasteiger partial charge in [0.15, 0.2) is 11.6 Å². The van der Waals surface area contributed by atoms with Crippen molar-refractivity contribution in [2.75, 3.05) is 0 Å². The minimum absolute atomic E-state index is 0.123. The van der Waals surface area contributed by atoms with Crippen molar-refractivity contribution < 1.29 is 31.1 Å². The first-order valence-corrected chi connectivity index (χ1v) is 10.3. The number of hydrogen-bond donors (Lipinski definition) is 0. The molecule has 0 aliphatic heterocycles. The summed E-state index contributed by atoms with van der Waals surface area (Å²) in [5.74, 6) is -3.83. The van der Waals surface area contributed by atoms with Crippen LogP contribution >= 0.6 is 0 Å². The number of alkyl halides is 3. The molecule has 1 nitrogen and oxygen atoms in total. The minimum Gasteiger partial charge on any atom is -0.403 e. The van der Waals surface area contributed by atoms with Crippen molar-refractivity contribution in [3.05, 3.63) is 102 Å². The Balaban J connectivity index is 1.68. The average Bonchev–Trinajstić information content (AvgIpc) is 2.78. The van der Waals surface area contributed by atoms with Gasteiger partial charge >= 0.3 is 6.36 Å². The zero-order valence-corrected chi connectivity index (χ0v) is 17.7. The molecule has 0 unspecified atom stereocenters. The van der Waals surface area contributed by atoms with E-state index < -0.39 is 29.6 Å². The molecule has 0 heterocycles. The van der Waals surface area contributed by atoms with E-state index in [1.807, 2.05) is 18.2 Å². The Morgan fingerprint density at radius 2 is 1.41 bits per heavy atom. The monoisotopic (exact) mass is 472 g/mol. The summed E-state index contributed by atoms with van der Waals surface area (Å²) in [5.41, 5.74) is 1.88. The van der Waals surface area contributed by atoms with Crippen LogP contribution in [-0.2, 0) is 6.42 Å². The summed E-state index contributed by atoms with van der Waals surface area (Å²) in [4.78, 5) is 0. The van der Waals surface area contributed by atoms with Gasteiger partial charge in [0.2, 0.25) is 0 Å². The maximum Gasteiger partial charge on any atom is 0.573 e. The second-order valence-corrected chi connectivity index (χ2v) is 7.70. The summed E-state index contributed by atoms with van der Waals surface area (Å²) in [6.45, 7) is 3.68. The Kier molecular flexibility index (Phi) is 6.37. The highest BCUT2D eigenvalue weighted by Gasteiger charge is 2.32. The van der Waals surface area contributed by atoms with Crippen molar-refractivity contribution in [1.82, 2.24) is 0 Å². The van der Waals surface area contributed by atoms with Crippen molar-refractivity contribution in [2.45, 2.75) is 19.2 Å². The van der Waals surface area contributed by atoms with Crippen LogP contribution in [0, 0.1) is 17.5 Å². The van der Waals surface area contributed by atoms with Crippen LogP contribution < -0.4 is 4.74 Å². The van der Waals surface area contributed by atoms with Crippen LogP contribution in [0.15, 0.2) is 79.4 Å². The van der Waals surface area contributed by atoms with Crippen LogP contribution in [0.5, 0.6) is 5.75 Å². The Bertz CT molecular complexity index is 1330. The third-order valence-corrected chi connectivity index (χ3v) is 5.40. The fourth-order valence-corrected chi connectivity index (χ4v) is 3.78. The molecule has 0 bridgehead atoms. The highest BCUT2D eigenvalue weighted by molar-refractivity contribution is 5.89. The van der Waals surface area contributed by atoms with E-state index in [1.165, 1.54) is 30.3 Å². The maximum absolute atomic E-state index is 15.0. The zero-order valence-electron chi connectivity index (χ0n) is 17.7. The third-order valence-electron chi connectivity index (χ3n) is 5.40. The first-order valence-electron chi connectivity index (χ1n) is 10.3. The number of aryl methyl sites for hydroxylation is 1. The first kappa shape index (κ1) is 23.4. The molecule has 174 valence electrons. The zero-order chi connectivity index (χ0) is 24.5. The summed E-state index contributed by atoms with van der Waals surface area (Å²) in [6, 6.07) is 15.5. The lowest BCUT2D eigenvalue weighted by Gasteiger charge is -2.13. The van der Waals surface area contributed by atoms with Gasteiger partial charge in [-0.3, -0.25) is 0 Å². The number of halogens is 6. The van der Waals surface area contributed by atoms with Crippen molar-refractivity contribution in [1.29, 1.82) is 0 Å². The Morgan fingerprint density at radius 1 is 0.765 bits per heavy atom. The van der Waals surface area contributed by atoms with E-state index in [1.54, 1.807) is 12.1 Å². The van der Waals surface area contributed by atoms with Gasteiger partial charge in [0.05, 0.1) is 5.56 Å². The molecule has 0 fully saturated rings. The molecule has 0 saturated heterocycles. The van der Waals surface area contributed by atoms with E-state index in [9.17, 15) is 26.3 Å². The van der Waals surface area contributed by atoms with Crippen molar-refractivity contribution in [2.24, 2.45) is 0 Å². The lowest BCUT2D eigenvalue weighted by Crippen LogP contribution is -2.18. The Labute approximate surface area is 191 Å². The van der Waals surface area contributed by atoms with Gasteiger partial charge in [-0.05, 0) is 64.7 Å². The average molecular weight is 472 g/mol. The van der Waals surface area contributed by atoms with Gasteiger partial charge in [-0.25, -0.2) is 13.2 Å². The summed E-state index contributed by atoms with van der Waals surface area (Å²) in [7, 11) is 0. The highest BCUT2D eigenvalue weighted by atomic mass is 19.4. The minimum atomic E-state index is -5.05. The standard InChI is InChI=1S/C27H18F6O/c1-2-3-4-16-5-7-17(8-6-16)20-14-22(28)25(23(29)15-20)19-9-11-21-18(13-19)10-12-24(26(21)30)34-27(31,32)33/h2,5-15H,1,3-4H2. The Morgan fingerprint density at radius 3 is 2.03 bits per heavy atom. The van der Waals surface area contributed by atoms with E-state index in [4.69, 9.17) is 0 Å². The molecule has 0 aliphatic carbocycles. The summed E-state index contributed by atoms with van der Waals surface area (Å²) < 4.78 is 85.4. The molecule has 4 rings (SSSR count). The molecule has 0 spiro atoms. The Hall–Kier alpha value is -3.74. The van der Waals surface area contributed by atoms with Gasteiger partial charge in [0.25, 0.3) is 0 Å². The van der Waals surface area contributed by atoms with Crippen LogP contribution in [0.1, 0.15) is 12.0 Å². The lowest BCUT2D eigenvalue weighted by atomic mass is 9.96.